The summed E-state index contributed by atoms with van der Waals surface area (Å²) in [5.41, 5.74) is 0.252. The summed E-state index contributed by atoms with van der Waals surface area (Å²) in [6.07, 6.45) is 2.29. The van der Waals surface area contributed by atoms with Crippen LogP contribution >= 0.6 is 0 Å². The topological polar surface area (TPSA) is 133 Å². The minimum absolute atomic E-state index is 0.199. The molecule has 0 aromatic carbocycles. The smallest absolute Gasteiger partial charge is 0.345 e. The van der Waals surface area contributed by atoms with Crippen LogP contribution in [0.25, 0.3) is 5.65 Å². The van der Waals surface area contributed by atoms with Gasteiger partial charge in [0.05, 0.1) is 23.9 Å². The van der Waals surface area contributed by atoms with Gasteiger partial charge in [-0.25, -0.2) is 14.6 Å². The zero-order valence-corrected chi connectivity index (χ0v) is 13.7. The van der Waals surface area contributed by atoms with Gasteiger partial charge in [0.25, 0.3) is 0 Å². The number of hydrogen-bond acceptors (Lipinski definition) is 7. The number of carbonyl (C=O) groups is 2. The number of nitrogens with zero attached hydrogens (tertiary/aromatic N) is 3. The number of rotatable bonds is 8. The van der Waals surface area contributed by atoms with Gasteiger partial charge in [-0.3, -0.25) is 14.5 Å². The molecule has 2 heterocycles. The first-order valence-electron chi connectivity index (χ1n) is 7.46. The summed E-state index contributed by atoms with van der Waals surface area (Å²) >= 11 is 0. The number of fused-ring (bicyclic) bond motifs is 1. The van der Waals surface area contributed by atoms with Crippen molar-refractivity contribution in [1.82, 2.24) is 9.38 Å². The Labute approximate surface area is 142 Å². The molecule has 134 valence electrons. The van der Waals surface area contributed by atoms with E-state index in [0.29, 0.717) is 17.8 Å². The van der Waals surface area contributed by atoms with Crippen LogP contribution in [0.5, 0.6) is 0 Å². The van der Waals surface area contributed by atoms with Gasteiger partial charge in [-0.05, 0) is 19.8 Å². The molecule has 1 N–H and O–H groups in total. The van der Waals surface area contributed by atoms with E-state index in [9.17, 15) is 19.7 Å². The second kappa shape index (κ2) is 7.71. The number of esters is 1. The van der Waals surface area contributed by atoms with Crippen LogP contribution in [0.1, 0.15) is 29.4 Å². The van der Waals surface area contributed by atoms with Crippen LogP contribution in [-0.4, -0.2) is 51.2 Å². The van der Waals surface area contributed by atoms with Crippen molar-refractivity contribution in [1.29, 1.82) is 0 Å². The van der Waals surface area contributed by atoms with E-state index >= 15 is 0 Å². The van der Waals surface area contributed by atoms with Gasteiger partial charge >= 0.3 is 17.6 Å². The molecule has 10 heteroatoms. The summed E-state index contributed by atoms with van der Waals surface area (Å²) in [4.78, 5) is 37.5. The third-order valence-electron chi connectivity index (χ3n) is 3.53. The molecule has 0 radical (unpaired) electrons. The lowest BCUT2D eigenvalue weighted by molar-refractivity contribution is -0.385. The molecule has 1 unspecified atom stereocenters. The molecule has 0 saturated heterocycles. The highest BCUT2D eigenvalue weighted by atomic mass is 16.6. The number of aromatic nitrogens is 2. The van der Waals surface area contributed by atoms with Crippen molar-refractivity contribution in [3.8, 4) is 0 Å². The van der Waals surface area contributed by atoms with Gasteiger partial charge in [0.15, 0.2) is 6.10 Å². The predicted octanol–water partition coefficient (Wildman–Crippen LogP) is 1.45. The number of carbonyl (C=O) groups excluding carboxylic acids is 1. The van der Waals surface area contributed by atoms with Crippen molar-refractivity contribution in [2.45, 2.75) is 25.9 Å². The molecule has 1 atom stereocenters. The van der Waals surface area contributed by atoms with Crippen LogP contribution in [0.15, 0.2) is 18.5 Å². The van der Waals surface area contributed by atoms with Gasteiger partial charge < -0.3 is 14.6 Å². The minimum atomic E-state index is -1.06. The van der Waals surface area contributed by atoms with Crippen LogP contribution in [0, 0.1) is 10.1 Å². The maximum Gasteiger partial charge on any atom is 0.345 e. The molecular weight excluding hydrogens is 334 g/mol. The van der Waals surface area contributed by atoms with Crippen LogP contribution < -0.4 is 0 Å². The molecule has 10 nitrogen and oxygen atoms in total. The van der Waals surface area contributed by atoms with Crippen LogP contribution in [0.2, 0.25) is 0 Å². The molecule has 0 aliphatic heterocycles. The number of aliphatic carboxylic acids is 1. The van der Waals surface area contributed by atoms with E-state index in [2.05, 4.69) is 9.72 Å². The van der Waals surface area contributed by atoms with Crippen molar-refractivity contribution in [2.75, 3.05) is 13.7 Å². The standard InChI is InChI=1S/C15H17N3O7/c1-3-25-12(14(19)20)5-4-9-7-17-8-11(18(22)23)10(15(21)24-2)6-13(17)16-9/h6-8,12H,3-5H2,1-2H3,(H,19,20). The summed E-state index contributed by atoms with van der Waals surface area (Å²) in [6, 6.07) is 1.27. The Hall–Kier alpha value is -3.01. The van der Waals surface area contributed by atoms with Crippen LogP contribution in [0.4, 0.5) is 5.69 Å². The summed E-state index contributed by atoms with van der Waals surface area (Å²) in [5, 5.41) is 20.2. The second-order valence-corrected chi connectivity index (χ2v) is 5.14. The van der Waals surface area contributed by atoms with Gasteiger partial charge in [0.2, 0.25) is 0 Å². The Morgan fingerprint density at radius 3 is 2.72 bits per heavy atom. The van der Waals surface area contributed by atoms with Gasteiger partial charge in [-0.2, -0.15) is 0 Å². The van der Waals surface area contributed by atoms with Crippen LogP contribution in [-0.2, 0) is 20.7 Å². The van der Waals surface area contributed by atoms with Gasteiger partial charge in [-0.15, -0.1) is 0 Å². The average molecular weight is 351 g/mol. The SMILES string of the molecule is CCOC(CCc1cn2cc([N+](=O)[O-])c(C(=O)OC)cc2n1)C(=O)O. The number of ether oxygens (including phenoxy) is 2. The highest BCUT2D eigenvalue weighted by Crippen LogP contribution is 2.22. The number of nitro groups is 1. The van der Waals surface area contributed by atoms with E-state index in [0.717, 1.165) is 7.11 Å². The Kier molecular flexibility index (Phi) is 5.65. The first kappa shape index (κ1) is 18.3. The Morgan fingerprint density at radius 1 is 1.44 bits per heavy atom. The quantitative estimate of drug-likeness (QED) is 0.429. The fraction of sp³-hybridized carbons (Fsp3) is 0.400. The molecule has 2 aromatic rings. The van der Waals surface area contributed by atoms with E-state index in [4.69, 9.17) is 9.84 Å². The number of aryl methyl sites for hydroxylation is 1. The fourth-order valence-electron chi connectivity index (χ4n) is 2.37. The van der Waals surface area contributed by atoms with Gasteiger partial charge in [0.1, 0.15) is 11.2 Å². The molecule has 2 aromatic heterocycles. The van der Waals surface area contributed by atoms with Crippen molar-refractivity contribution in [3.63, 3.8) is 0 Å². The van der Waals surface area contributed by atoms with Gasteiger partial charge in [0, 0.05) is 18.9 Å². The second-order valence-electron chi connectivity index (χ2n) is 5.14. The molecule has 0 saturated carbocycles. The molecule has 0 aliphatic rings. The molecule has 0 aliphatic carbocycles. The Morgan fingerprint density at radius 2 is 2.16 bits per heavy atom. The first-order chi connectivity index (χ1) is 11.9. The van der Waals surface area contributed by atoms with E-state index in [1.165, 1.54) is 16.7 Å². The molecule has 0 spiro atoms. The van der Waals surface area contributed by atoms with E-state index < -0.39 is 28.7 Å². The maximum atomic E-state index is 11.7. The molecule has 0 amide bonds. The zero-order chi connectivity index (χ0) is 18.6. The largest absolute Gasteiger partial charge is 0.479 e. The number of carboxylic acid groups (broad SMARTS) is 1. The molecule has 25 heavy (non-hydrogen) atoms. The Bertz CT molecular complexity index is 815. The summed E-state index contributed by atoms with van der Waals surface area (Å²) in [7, 11) is 1.13. The minimum Gasteiger partial charge on any atom is -0.479 e. The van der Waals surface area contributed by atoms with Crippen LogP contribution in [0.3, 0.4) is 0 Å². The zero-order valence-electron chi connectivity index (χ0n) is 13.7. The number of carboxylic acids is 1. The first-order valence-corrected chi connectivity index (χ1v) is 7.46. The normalized spacial score (nSPS) is 12.1. The highest BCUT2D eigenvalue weighted by Gasteiger charge is 2.23. The summed E-state index contributed by atoms with van der Waals surface area (Å²) < 4.78 is 11.1. The molecule has 2 rings (SSSR count). The lowest BCUT2D eigenvalue weighted by Crippen LogP contribution is -2.24. The molecule has 0 bridgehead atoms. The third kappa shape index (κ3) is 4.10. The summed E-state index contributed by atoms with van der Waals surface area (Å²) in [6.45, 7) is 1.98. The monoisotopic (exact) mass is 351 g/mol. The predicted molar refractivity (Wildman–Crippen MR) is 84.6 cm³/mol. The molecule has 0 fully saturated rings. The van der Waals surface area contributed by atoms with Crippen molar-refractivity contribution >= 4 is 23.3 Å². The van der Waals surface area contributed by atoms with E-state index in [-0.39, 0.29) is 18.6 Å². The van der Waals surface area contributed by atoms with Crippen molar-refractivity contribution in [2.24, 2.45) is 0 Å². The number of pyridine rings is 1. The van der Waals surface area contributed by atoms with E-state index in [1.54, 1.807) is 13.1 Å². The van der Waals surface area contributed by atoms with Gasteiger partial charge in [-0.1, -0.05) is 0 Å². The molecular formula is C15H17N3O7. The lowest BCUT2D eigenvalue weighted by Gasteiger charge is -2.10. The fourth-order valence-corrected chi connectivity index (χ4v) is 2.37. The Balaban J connectivity index is 2.31. The van der Waals surface area contributed by atoms with Crippen molar-refractivity contribution in [3.05, 3.63) is 39.8 Å². The maximum absolute atomic E-state index is 11.7. The highest BCUT2D eigenvalue weighted by molar-refractivity contribution is 5.94. The number of methoxy groups -OCH3 is 1. The third-order valence-corrected chi connectivity index (χ3v) is 3.53. The number of imidazole rings is 1. The summed E-state index contributed by atoms with van der Waals surface area (Å²) in [5.74, 6) is -1.89. The lowest BCUT2D eigenvalue weighted by atomic mass is 10.1. The average Bonchev–Trinajstić information content (AvgIpc) is 2.98. The number of hydrogen-bond donors (Lipinski definition) is 1. The van der Waals surface area contributed by atoms with E-state index in [1.807, 2.05) is 0 Å². The van der Waals surface area contributed by atoms with Crippen molar-refractivity contribution < 1.29 is 29.1 Å².